The van der Waals surface area contributed by atoms with Gasteiger partial charge in [0.25, 0.3) is 0 Å². The van der Waals surface area contributed by atoms with Gasteiger partial charge < -0.3 is 4.90 Å². The summed E-state index contributed by atoms with van der Waals surface area (Å²) in [5.74, 6) is 0.325. The second-order valence-corrected chi connectivity index (χ2v) is 7.01. The monoisotopic (exact) mass is 368 g/mol. The van der Waals surface area contributed by atoms with Crippen molar-refractivity contribution in [1.82, 2.24) is 20.1 Å². The lowest BCUT2D eigenvalue weighted by atomic mass is 10.00. The Hall–Kier alpha value is -2.67. The first-order valence-electron chi connectivity index (χ1n) is 8.35. The number of nitrogens with one attached hydrogen (secondary N) is 1. The summed E-state index contributed by atoms with van der Waals surface area (Å²) in [4.78, 5) is 18.6. The number of halogens is 1. The van der Waals surface area contributed by atoms with Crippen molar-refractivity contribution in [2.24, 2.45) is 0 Å². The SMILES string of the molecule is O=C(CSc1n[nH]c(-c2ccccc2F)n1)N1CCc2ccccc2C1. The quantitative estimate of drug-likeness (QED) is 0.718. The molecular formula is C19H17FN4OS. The van der Waals surface area contributed by atoms with Crippen LogP contribution in [0.15, 0.2) is 53.7 Å². The van der Waals surface area contributed by atoms with Crippen molar-refractivity contribution < 1.29 is 9.18 Å². The average molecular weight is 368 g/mol. The maximum Gasteiger partial charge on any atom is 0.233 e. The van der Waals surface area contributed by atoms with Gasteiger partial charge in [-0.25, -0.2) is 9.37 Å². The minimum Gasteiger partial charge on any atom is -0.337 e. The Bertz CT molecular complexity index is 943. The normalized spacial score (nSPS) is 13.5. The lowest BCUT2D eigenvalue weighted by Crippen LogP contribution is -2.37. The number of nitrogens with zero attached hydrogens (tertiary/aromatic N) is 3. The Labute approximate surface area is 154 Å². The van der Waals surface area contributed by atoms with Gasteiger partial charge in [0, 0.05) is 13.1 Å². The van der Waals surface area contributed by atoms with Crippen LogP contribution in [0.3, 0.4) is 0 Å². The topological polar surface area (TPSA) is 61.9 Å². The van der Waals surface area contributed by atoms with Crippen molar-refractivity contribution in [3.63, 3.8) is 0 Å². The van der Waals surface area contributed by atoms with Crippen molar-refractivity contribution >= 4 is 17.7 Å². The fourth-order valence-electron chi connectivity index (χ4n) is 3.01. The highest BCUT2D eigenvalue weighted by Crippen LogP contribution is 2.23. The zero-order valence-electron chi connectivity index (χ0n) is 14.0. The minimum absolute atomic E-state index is 0.0572. The molecule has 5 nitrogen and oxygen atoms in total. The molecule has 7 heteroatoms. The number of carbonyl (C=O) groups is 1. The van der Waals surface area contributed by atoms with Crippen LogP contribution in [0.1, 0.15) is 11.1 Å². The minimum atomic E-state index is -0.358. The molecule has 1 aromatic heterocycles. The van der Waals surface area contributed by atoms with E-state index in [2.05, 4.69) is 27.3 Å². The van der Waals surface area contributed by atoms with Crippen LogP contribution in [0.4, 0.5) is 4.39 Å². The van der Waals surface area contributed by atoms with Crippen LogP contribution in [0, 0.1) is 5.82 Å². The molecule has 0 bridgehead atoms. The summed E-state index contributed by atoms with van der Waals surface area (Å²) in [5, 5.41) is 7.25. The fourth-order valence-corrected chi connectivity index (χ4v) is 3.71. The number of amides is 1. The number of carbonyl (C=O) groups excluding carboxylic acids is 1. The molecule has 1 aliphatic rings. The van der Waals surface area contributed by atoms with Crippen molar-refractivity contribution in [2.75, 3.05) is 12.3 Å². The van der Waals surface area contributed by atoms with E-state index in [-0.39, 0.29) is 17.5 Å². The van der Waals surface area contributed by atoms with Crippen LogP contribution in [0.5, 0.6) is 0 Å². The van der Waals surface area contributed by atoms with Gasteiger partial charge in [0.2, 0.25) is 11.1 Å². The van der Waals surface area contributed by atoms with Crippen LogP contribution in [-0.2, 0) is 17.8 Å². The largest absolute Gasteiger partial charge is 0.337 e. The van der Waals surface area contributed by atoms with Crippen LogP contribution in [0.25, 0.3) is 11.4 Å². The first-order chi connectivity index (χ1) is 12.7. The highest BCUT2D eigenvalue weighted by atomic mass is 32.2. The number of thioether (sulfide) groups is 1. The van der Waals surface area contributed by atoms with Crippen LogP contribution in [-0.4, -0.2) is 38.3 Å². The number of aromatic amines is 1. The van der Waals surface area contributed by atoms with E-state index in [1.807, 2.05) is 17.0 Å². The van der Waals surface area contributed by atoms with Gasteiger partial charge in [-0.15, -0.1) is 5.10 Å². The third-order valence-electron chi connectivity index (χ3n) is 4.40. The van der Waals surface area contributed by atoms with Crippen molar-refractivity contribution in [3.05, 3.63) is 65.5 Å². The van der Waals surface area contributed by atoms with Gasteiger partial charge in [-0.05, 0) is 29.7 Å². The van der Waals surface area contributed by atoms with Gasteiger partial charge in [-0.3, -0.25) is 9.89 Å². The van der Waals surface area contributed by atoms with E-state index >= 15 is 0 Å². The smallest absolute Gasteiger partial charge is 0.233 e. The molecule has 0 spiro atoms. The summed E-state index contributed by atoms with van der Waals surface area (Å²) in [5.41, 5.74) is 2.88. The molecule has 0 fully saturated rings. The van der Waals surface area contributed by atoms with Gasteiger partial charge in [0.15, 0.2) is 5.82 Å². The molecule has 2 heterocycles. The number of hydrogen-bond acceptors (Lipinski definition) is 4. The van der Waals surface area contributed by atoms with Crippen molar-refractivity contribution in [2.45, 2.75) is 18.1 Å². The number of fused-ring (bicyclic) bond motifs is 1. The number of aromatic nitrogens is 3. The second kappa shape index (κ2) is 7.29. The molecule has 0 radical (unpaired) electrons. The zero-order chi connectivity index (χ0) is 17.9. The molecule has 0 atom stereocenters. The predicted molar refractivity (Wildman–Crippen MR) is 98.1 cm³/mol. The molecule has 0 aliphatic carbocycles. The summed E-state index contributed by atoms with van der Waals surface area (Å²) >= 11 is 1.26. The van der Waals surface area contributed by atoms with Crippen LogP contribution in [0.2, 0.25) is 0 Å². The summed E-state index contributed by atoms with van der Waals surface area (Å²) in [6, 6.07) is 14.6. The first kappa shape index (κ1) is 16.8. The van der Waals surface area contributed by atoms with Crippen molar-refractivity contribution in [3.8, 4) is 11.4 Å². The van der Waals surface area contributed by atoms with E-state index < -0.39 is 0 Å². The van der Waals surface area contributed by atoms with E-state index in [1.54, 1.807) is 18.2 Å². The van der Waals surface area contributed by atoms with Gasteiger partial charge in [-0.2, -0.15) is 0 Å². The highest BCUT2D eigenvalue weighted by molar-refractivity contribution is 7.99. The maximum absolute atomic E-state index is 13.8. The third kappa shape index (κ3) is 3.48. The fraction of sp³-hybridized carbons (Fsp3) is 0.211. The average Bonchev–Trinajstić information content (AvgIpc) is 3.15. The van der Waals surface area contributed by atoms with Crippen molar-refractivity contribution in [1.29, 1.82) is 0 Å². The molecule has 1 amide bonds. The lowest BCUT2D eigenvalue weighted by Gasteiger charge is -2.28. The summed E-state index contributed by atoms with van der Waals surface area (Å²) in [6.07, 6.45) is 0.880. The highest BCUT2D eigenvalue weighted by Gasteiger charge is 2.21. The lowest BCUT2D eigenvalue weighted by molar-refractivity contribution is -0.129. The Kier molecular flexibility index (Phi) is 4.71. The first-order valence-corrected chi connectivity index (χ1v) is 9.34. The molecule has 1 N–H and O–H groups in total. The van der Waals surface area contributed by atoms with Gasteiger partial charge >= 0.3 is 0 Å². The van der Waals surface area contributed by atoms with Gasteiger partial charge in [0.1, 0.15) is 5.82 Å². The Balaban J connectivity index is 1.38. The second-order valence-electron chi connectivity index (χ2n) is 6.07. The molecule has 132 valence electrons. The third-order valence-corrected chi connectivity index (χ3v) is 5.23. The summed E-state index contributed by atoms with van der Waals surface area (Å²) in [6.45, 7) is 1.37. The molecule has 26 heavy (non-hydrogen) atoms. The molecule has 0 unspecified atom stereocenters. The molecule has 3 aromatic rings. The van der Waals surface area contributed by atoms with Crippen LogP contribution >= 0.6 is 11.8 Å². The van der Waals surface area contributed by atoms with Gasteiger partial charge in [0.05, 0.1) is 11.3 Å². The molecule has 2 aromatic carbocycles. The number of hydrogen-bond donors (Lipinski definition) is 1. The number of benzene rings is 2. The number of H-pyrrole nitrogens is 1. The Morgan fingerprint density at radius 3 is 2.77 bits per heavy atom. The number of rotatable bonds is 4. The maximum atomic E-state index is 13.8. The van der Waals surface area contributed by atoms with E-state index in [0.717, 1.165) is 13.0 Å². The molecule has 0 saturated carbocycles. The Morgan fingerprint density at radius 1 is 1.15 bits per heavy atom. The van der Waals surface area contributed by atoms with E-state index in [1.165, 1.54) is 29.0 Å². The molecule has 4 rings (SSSR count). The van der Waals surface area contributed by atoms with E-state index in [9.17, 15) is 9.18 Å². The summed E-state index contributed by atoms with van der Waals surface area (Å²) in [7, 11) is 0. The molecule has 1 aliphatic heterocycles. The van der Waals surface area contributed by atoms with E-state index in [4.69, 9.17) is 0 Å². The standard InChI is InChI=1S/C19H17FN4OS/c20-16-8-4-3-7-15(16)18-21-19(23-22-18)26-12-17(25)24-10-9-13-5-1-2-6-14(13)11-24/h1-8H,9-12H2,(H,21,22,23). The molecule has 0 saturated heterocycles. The van der Waals surface area contributed by atoms with E-state index in [0.29, 0.717) is 23.1 Å². The van der Waals surface area contributed by atoms with Crippen LogP contribution < -0.4 is 0 Å². The Morgan fingerprint density at radius 2 is 1.92 bits per heavy atom. The summed E-state index contributed by atoms with van der Waals surface area (Å²) < 4.78 is 13.8. The zero-order valence-corrected chi connectivity index (χ0v) is 14.8. The van der Waals surface area contributed by atoms with Gasteiger partial charge in [-0.1, -0.05) is 48.2 Å². The molecular weight excluding hydrogens is 351 g/mol. The predicted octanol–water partition coefficient (Wildman–Crippen LogP) is 3.29.